The van der Waals surface area contributed by atoms with Crippen molar-refractivity contribution in [2.75, 3.05) is 19.8 Å². The van der Waals surface area contributed by atoms with Gasteiger partial charge in [-0.1, -0.05) is 18.2 Å². The molecule has 0 radical (unpaired) electrons. The van der Waals surface area contributed by atoms with E-state index in [1.54, 1.807) is 0 Å². The molecule has 2 aromatic rings. The van der Waals surface area contributed by atoms with E-state index in [4.69, 9.17) is 9.47 Å². The number of rotatable bonds is 7. The average Bonchev–Trinajstić information content (AvgIpc) is 2.60. The number of aryl methyl sites for hydroxylation is 1. The number of para-hydroxylation sites is 1. The van der Waals surface area contributed by atoms with Gasteiger partial charge in [0.05, 0.1) is 6.54 Å². The number of hydrogen-bond acceptors (Lipinski definition) is 6. The summed E-state index contributed by atoms with van der Waals surface area (Å²) in [4.78, 5) is 34.5. The van der Waals surface area contributed by atoms with Gasteiger partial charge in [0, 0.05) is 13.1 Å². The Labute approximate surface area is 138 Å². The molecule has 2 rings (SSSR count). The van der Waals surface area contributed by atoms with E-state index in [2.05, 4.69) is 10.4 Å². The fourth-order valence-corrected chi connectivity index (χ4v) is 1.74. The van der Waals surface area contributed by atoms with E-state index in [9.17, 15) is 14.4 Å². The second-order valence-electron chi connectivity index (χ2n) is 4.77. The van der Waals surface area contributed by atoms with Gasteiger partial charge in [-0.2, -0.15) is 5.10 Å². The predicted octanol–water partition coefficient (Wildman–Crippen LogP) is 0.132. The van der Waals surface area contributed by atoms with Crippen molar-refractivity contribution < 1.29 is 19.1 Å². The molecular weight excluding hydrogens is 314 g/mol. The van der Waals surface area contributed by atoms with Crippen LogP contribution in [-0.4, -0.2) is 41.4 Å². The molecule has 0 spiro atoms. The van der Waals surface area contributed by atoms with Crippen LogP contribution in [0.4, 0.5) is 0 Å². The largest absolute Gasteiger partial charge is 0.492 e. The summed E-state index contributed by atoms with van der Waals surface area (Å²) in [5.74, 6) is -0.523. The van der Waals surface area contributed by atoms with Gasteiger partial charge >= 0.3 is 5.97 Å². The van der Waals surface area contributed by atoms with Gasteiger partial charge in [-0.15, -0.1) is 0 Å². The summed E-state index contributed by atoms with van der Waals surface area (Å²) in [6.07, 6.45) is 0. The van der Waals surface area contributed by atoms with Crippen LogP contribution in [-0.2, 0) is 16.6 Å². The molecule has 8 nitrogen and oxygen atoms in total. The van der Waals surface area contributed by atoms with Gasteiger partial charge in [0.1, 0.15) is 12.4 Å². The summed E-state index contributed by atoms with van der Waals surface area (Å²) < 4.78 is 11.3. The SMILES string of the molecule is Cn1nc(C(=O)OCC(=O)NCCOc2ccccc2)ccc1=O. The molecule has 1 N–H and O–H groups in total. The third kappa shape index (κ3) is 5.24. The highest BCUT2D eigenvalue weighted by Crippen LogP contribution is 2.07. The van der Waals surface area contributed by atoms with Crippen LogP contribution in [0.2, 0.25) is 0 Å². The quantitative estimate of drug-likeness (QED) is 0.572. The number of carbonyl (C=O) groups excluding carboxylic acids is 2. The lowest BCUT2D eigenvalue weighted by Gasteiger charge is -2.08. The second kappa shape index (κ2) is 8.47. The molecule has 126 valence electrons. The number of hydrogen-bond donors (Lipinski definition) is 1. The topological polar surface area (TPSA) is 99.5 Å². The van der Waals surface area contributed by atoms with Crippen molar-refractivity contribution in [3.63, 3.8) is 0 Å². The van der Waals surface area contributed by atoms with Gasteiger partial charge in [-0.3, -0.25) is 9.59 Å². The maximum absolute atomic E-state index is 11.7. The van der Waals surface area contributed by atoms with E-state index in [1.807, 2.05) is 30.3 Å². The first-order valence-electron chi connectivity index (χ1n) is 7.22. The first-order valence-corrected chi connectivity index (χ1v) is 7.22. The molecule has 1 aromatic heterocycles. The molecule has 0 fully saturated rings. The maximum atomic E-state index is 11.7. The van der Waals surface area contributed by atoms with Crippen LogP contribution < -0.4 is 15.6 Å². The Morgan fingerprint density at radius 2 is 1.92 bits per heavy atom. The first kappa shape index (κ1) is 17.2. The molecular formula is C16H17N3O5. The molecule has 8 heteroatoms. The molecule has 0 aliphatic heterocycles. The fraction of sp³-hybridized carbons (Fsp3) is 0.250. The Morgan fingerprint density at radius 1 is 1.17 bits per heavy atom. The Hall–Kier alpha value is -3.16. The van der Waals surface area contributed by atoms with Crippen molar-refractivity contribution in [2.45, 2.75) is 0 Å². The molecule has 0 saturated carbocycles. The van der Waals surface area contributed by atoms with Gasteiger partial charge in [0.25, 0.3) is 11.5 Å². The molecule has 1 aromatic carbocycles. The van der Waals surface area contributed by atoms with Crippen molar-refractivity contribution in [2.24, 2.45) is 7.05 Å². The monoisotopic (exact) mass is 331 g/mol. The van der Waals surface area contributed by atoms with Crippen molar-refractivity contribution in [3.8, 4) is 5.75 Å². The highest BCUT2D eigenvalue weighted by molar-refractivity contribution is 5.89. The number of amides is 1. The number of aromatic nitrogens is 2. The van der Waals surface area contributed by atoms with Gasteiger partial charge in [0.15, 0.2) is 12.3 Å². The van der Waals surface area contributed by atoms with Gasteiger partial charge in [-0.25, -0.2) is 9.48 Å². The third-order valence-electron chi connectivity index (χ3n) is 2.94. The standard InChI is InChI=1S/C16H17N3O5/c1-19-15(21)8-7-13(18-19)16(22)24-11-14(20)17-9-10-23-12-5-3-2-4-6-12/h2-8H,9-11H2,1H3,(H,17,20). The molecule has 0 unspecified atom stereocenters. The minimum atomic E-state index is -0.777. The number of ether oxygens (including phenoxy) is 2. The highest BCUT2D eigenvalue weighted by Gasteiger charge is 2.12. The van der Waals surface area contributed by atoms with E-state index in [-0.39, 0.29) is 17.8 Å². The number of nitrogens with one attached hydrogen (secondary N) is 1. The Kier molecular flexibility index (Phi) is 6.07. The summed E-state index contributed by atoms with van der Waals surface area (Å²) in [6, 6.07) is 11.6. The van der Waals surface area contributed by atoms with Crippen molar-refractivity contribution in [1.82, 2.24) is 15.1 Å². The zero-order chi connectivity index (χ0) is 17.4. The molecule has 1 heterocycles. The Morgan fingerprint density at radius 3 is 2.62 bits per heavy atom. The number of carbonyl (C=O) groups is 2. The second-order valence-corrected chi connectivity index (χ2v) is 4.77. The highest BCUT2D eigenvalue weighted by atomic mass is 16.5. The molecule has 0 aliphatic carbocycles. The first-order chi connectivity index (χ1) is 11.6. The van der Waals surface area contributed by atoms with E-state index in [0.29, 0.717) is 12.4 Å². The molecule has 24 heavy (non-hydrogen) atoms. The summed E-state index contributed by atoms with van der Waals surface area (Å²) in [6.45, 7) is 0.143. The molecule has 1 amide bonds. The maximum Gasteiger partial charge on any atom is 0.359 e. The Bertz CT molecular complexity index is 758. The van der Waals surface area contributed by atoms with Crippen LogP contribution in [0, 0.1) is 0 Å². The fourth-order valence-electron chi connectivity index (χ4n) is 1.74. The van der Waals surface area contributed by atoms with Crippen molar-refractivity contribution >= 4 is 11.9 Å². The van der Waals surface area contributed by atoms with E-state index in [1.165, 1.54) is 19.2 Å². The van der Waals surface area contributed by atoms with E-state index < -0.39 is 18.5 Å². The normalized spacial score (nSPS) is 10.0. The van der Waals surface area contributed by atoms with Gasteiger partial charge in [0.2, 0.25) is 0 Å². The zero-order valence-corrected chi connectivity index (χ0v) is 13.1. The molecule has 0 bridgehead atoms. The van der Waals surface area contributed by atoms with E-state index >= 15 is 0 Å². The molecule has 0 aliphatic rings. The number of esters is 1. The summed E-state index contributed by atoms with van der Waals surface area (Å²) in [5.41, 5.74) is -0.389. The van der Waals surface area contributed by atoms with Crippen LogP contribution in [0.25, 0.3) is 0 Å². The van der Waals surface area contributed by atoms with Crippen LogP contribution in [0.5, 0.6) is 5.75 Å². The minimum absolute atomic E-state index is 0.0442. The van der Waals surface area contributed by atoms with Crippen molar-refractivity contribution in [3.05, 3.63) is 58.5 Å². The zero-order valence-electron chi connectivity index (χ0n) is 13.1. The number of benzene rings is 1. The lowest BCUT2D eigenvalue weighted by Crippen LogP contribution is -2.32. The molecule has 0 saturated heterocycles. The van der Waals surface area contributed by atoms with Crippen LogP contribution >= 0.6 is 0 Å². The van der Waals surface area contributed by atoms with Gasteiger partial charge in [-0.05, 0) is 18.2 Å². The number of nitrogens with zero attached hydrogens (tertiary/aromatic N) is 2. The predicted molar refractivity (Wildman–Crippen MR) is 84.7 cm³/mol. The molecule has 0 atom stereocenters. The lowest BCUT2D eigenvalue weighted by molar-refractivity contribution is -0.124. The Balaban J connectivity index is 1.68. The minimum Gasteiger partial charge on any atom is -0.492 e. The van der Waals surface area contributed by atoms with Crippen LogP contribution in [0.15, 0.2) is 47.3 Å². The van der Waals surface area contributed by atoms with Crippen LogP contribution in [0.1, 0.15) is 10.5 Å². The van der Waals surface area contributed by atoms with Crippen LogP contribution in [0.3, 0.4) is 0 Å². The third-order valence-corrected chi connectivity index (χ3v) is 2.94. The summed E-state index contributed by atoms with van der Waals surface area (Å²) >= 11 is 0. The summed E-state index contributed by atoms with van der Waals surface area (Å²) in [5, 5.41) is 6.30. The summed E-state index contributed by atoms with van der Waals surface area (Å²) in [7, 11) is 1.42. The van der Waals surface area contributed by atoms with Crippen molar-refractivity contribution in [1.29, 1.82) is 0 Å². The lowest BCUT2D eigenvalue weighted by atomic mass is 10.3. The van der Waals surface area contributed by atoms with E-state index in [0.717, 1.165) is 4.68 Å². The van der Waals surface area contributed by atoms with Gasteiger partial charge < -0.3 is 14.8 Å². The average molecular weight is 331 g/mol. The smallest absolute Gasteiger partial charge is 0.359 e.